The second kappa shape index (κ2) is 6.70. The summed E-state index contributed by atoms with van der Waals surface area (Å²) in [4.78, 5) is 16.6. The van der Waals surface area contributed by atoms with Crippen molar-refractivity contribution >= 4 is 28.2 Å². The predicted octanol–water partition coefficient (Wildman–Crippen LogP) is 2.41. The first-order chi connectivity index (χ1) is 9.67. The van der Waals surface area contributed by atoms with E-state index in [0.717, 1.165) is 16.1 Å². The van der Waals surface area contributed by atoms with Gasteiger partial charge in [0.05, 0.1) is 17.6 Å². The van der Waals surface area contributed by atoms with Gasteiger partial charge in [0.25, 0.3) is 0 Å². The Labute approximate surface area is 121 Å². The average molecular weight is 286 g/mol. The summed E-state index contributed by atoms with van der Waals surface area (Å²) in [7, 11) is 0. The van der Waals surface area contributed by atoms with Gasteiger partial charge in [0.1, 0.15) is 0 Å². The summed E-state index contributed by atoms with van der Waals surface area (Å²) in [6.45, 7) is 2.29. The van der Waals surface area contributed by atoms with Crippen molar-refractivity contribution in [1.82, 2.24) is 4.98 Å². The molecule has 2 amide bonds. The predicted molar refractivity (Wildman–Crippen MR) is 81.9 cm³/mol. The first-order valence-electron chi connectivity index (χ1n) is 5.97. The molecule has 0 fully saturated rings. The first kappa shape index (κ1) is 14.1. The van der Waals surface area contributed by atoms with Crippen molar-refractivity contribution in [3.8, 4) is 11.8 Å². The number of nitrogens with zero attached hydrogens (tertiary/aromatic N) is 1. The van der Waals surface area contributed by atoms with E-state index in [1.54, 1.807) is 6.20 Å². The summed E-state index contributed by atoms with van der Waals surface area (Å²) in [6.07, 6.45) is 1.61. The number of aromatic nitrogens is 1. The van der Waals surface area contributed by atoms with Crippen LogP contribution >= 0.6 is 11.3 Å². The van der Waals surface area contributed by atoms with Gasteiger partial charge in [-0.05, 0) is 19.1 Å². The van der Waals surface area contributed by atoms with Crippen molar-refractivity contribution in [2.24, 2.45) is 5.73 Å². The number of benzene rings is 1. The number of nitrogens with one attached hydrogen (secondary N) is 2. The molecular formula is C14H14N4OS. The summed E-state index contributed by atoms with van der Waals surface area (Å²) >= 11 is 1.30. The number of carbonyl (C=O) groups excluding carboxylic acids is 1. The molecule has 20 heavy (non-hydrogen) atoms. The van der Waals surface area contributed by atoms with Crippen LogP contribution in [0.25, 0.3) is 0 Å². The molecule has 1 aromatic carbocycles. The van der Waals surface area contributed by atoms with Gasteiger partial charge in [0.2, 0.25) is 0 Å². The van der Waals surface area contributed by atoms with Crippen LogP contribution in [0.3, 0.4) is 0 Å². The smallest absolute Gasteiger partial charge is 0.320 e. The topological polar surface area (TPSA) is 80.0 Å². The van der Waals surface area contributed by atoms with Gasteiger partial charge in [-0.3, -0.25) is 5.32 Å². The molecule has 0 saturated heterocycles. The molecule has 1 aromatic heterocycles. The fourth-order valence-corrected chi connectivity index (χ4v) is 2.11. The number of rotatable bonds is 2. The maximum absolute atomic E-state index is 11.8. The highest BCUT2D eigenvalue weighted by Gasteiger charge is 2.05. The third-order valence-corrected chi connectivity index (χ3v) is 3.18. The van der Waals surface area contributed by atoms with Crippen molar-refractivity contribution in [1.29, 1.82) is 0 Å². The molecule has 0 radical (unpaired) electrons. The number of urea groups is 1. The monoisotopic (exact) mass is 286 g/mol. The third-order valence-electron chi connectivity index (χ3n) is 2.35. The van der Waals surface area contributed by atoms with Crippen LogP contribution in [-0.2, 0) is 0 Å². The Morgan fingerprint density at radius 2 is 2.10 bits per heavy atom. The largest absolute Gasteiger partial charge is 0.325 e. The maximum Gasteiger partial charge on any atom is 0.325 e. The zero-order valence-electron chi connectivity index (χ0n) is 10.9. The highest BCUT2D eigenvalue weighted by Crippen LogP contribution is 2.17. The molecule has 6 heteroatoms. The SMILES string of the molecule is Cc1ccc(NC(=O)Nc2ncc(C#CCN)s2)cc1. The molecular weight excluding hydrogens is 272 g/mol. The lowest BCUT2D eigenvalue weighted by molar-refractivity contribution is 0.262. The van der Waals surface area contributed by atoms with Gasteiger partial charge in [-0.2, -0.15) is 0 Å². The van der Waals surface area contributed by atoms with Crippen LogP contribution in [0, 0.1) is 18.8 Å². The van der Waals surface area contributed by atoms with Crippen LogP contribution in [0.1, 0.15) is 10.4 Å². The lowest BCUT2D eigenvalue weighted by Gasteiger charge is -2.05. The van der Waals surface area contributed by atoms with Gasteiger partial charge in [-0.25, -0.2) is 9.78 Å². The Bertz CT molecular complexity index is 652. The Balaban J connectivity index is 1.94. The Morgan fingerprint density at radius 3 is 2.80 bits per heavy atom. The zero-order chi connectivity index (χ0) is 14.4. The molecule has 5 nitrogen and oxygen atoms in total. The van der Waals surface area contributed by atoms with Gasteiger partial charge in [-0.1, -0.05) is 40.9 Å². The van der Waals surface area contributed by atoms with Crippen LogP contribution in [-0.4, -0.2) is 17.6 Å². The van der Waals surface area contributed by atoms with Crippen molar-refractivity contribution in [2.75, 3.05) is 17.2 Å². The van der Waals surface area contributed by atoms with E-state index in [4.69, 9.17) is 5.73 Å². The highest BCUT2D eigenvalue weighted by atomic mass is 32.1. The molecule has 0 spiro atoms. The van der Waals surface area contributed by atoms with Gasteiger partial charge in [0, 0.05) is 5.69 Å². The average Bonchev–Trinajstić information content (AvgIpc) is 2.86. The number of hydrogen-bond acceptors (Lipinski definition) is 4. The maximum atomic E-state index is 11.8. The lowest BCUT2D eigenvalue weighted by Crippen LogP contribution is -2.19. The summed E-state index contributed by atoms with van der Waals surface area (Å²) in [6, 6.07) is 7.21. The quantitative estimate of drug-likeness (QED) is 0.742. The van der Waals surface area contributed by atoms with Crippen molar-refractivity contribution in [2.45, 2.75) is 6.92 Å². The number of nitrogens with two attached hydrogens (primary N) is 1. The van der Waals surface area contributed by atoms with Gasteiger partial charge in [0.15, 0.2) is 5.13 Å². The van der Waals surface area contributed by atoms with Crippen LogP contribution in [0.4, 0.5) is 15.6 Å². The highest BCUT2D eigenvalue weighted by molar-refractivity contribution is 7.16. The second-order valence-electron chi connectivity index (χ2n) is 3.98. The van der Waals surface area contributed by atoms with Crippen molar-refractivity contribution in [3.05, 3.63) is 40.9 Å². The number of hydrogen-bond donors (Lipinski definition) is 3. The van der Waals surface area contributed by atoms with E-state index < -0.39 is 0 Å². The first-order valence-corrected chi connectivity index (χ1v) is 6.78. The Hall–Kier alpha value is -2.36. The normalized spacial score (nSPS) is 9.50. The van der Waals surface area contributed by atoms with E-state index in [9.17, 15) is 4.79 Å². The molecule has 0 saturated carbocycles. The summed E-state index contributed by atoms with van der Waals surface area (Å²) in [5.41, 5.74) is 7.16. The van der Waals surface area contributed by atoms with Crippen LogP contribution in [0.5, 0.6) is 0 Å². The summed E-state index contributed by atoms with van der Waals surface area (Å²) in [5, 5.41) is 5.89. The van der Waals surface area contributed by atoms with Crippen LogP contribution < -0.4 is 16.4 Å². The minimum atomic E-state index is -0.332. The molecule has 4 N–H and O–H groups in total. The van der Waals surface area contributed by atoms with E-state index >= 15 is 0 Å². The van der Waals surface area contributed by atoms with Crippen molar-refractivity contribution in [3.63, 3.8) is 0 Å². The number of thiazole rings is 1. The van der Waals surface area contributed by atoms with E-state index in [-0.39, 0.29) is 6.03 Å². The standard InChI is InChI=1S/C14H14N4OS/c1-10-4-6-11(7-5-10)17-13(19)18-14-16-9-12(20-14)3-2-8-15/h4-7,9H,8,15H2,1H3,(H2,16,17,18,19). The molecule has 0 aliphatic heterocycles. The third kappa shape index (κ3) is 4.09. The number of carbonyl (C=O) groups is 1. The molecule has 0 aliphatic rings. The molecule has 2 aromatic rings. The Morgan fingerprint density at radius 1 is 1.35 bits per heavy atom. The van der Waals surface area contributed by atoms with Gasteiger partial charge >= 0.3 is 6.03 Å². The van der Waals surface area contributed by atoms with E-state index in [0.29, 0.717) is 11.7 Å². The molecule has 0 unspecified atom stereocenters. The lowest BCUT2D eigenvalue weighted by atomic mass is 10.2. The summed E-state index contributed by atoms with van der Waals surface area (Å²) in [5.74, 6) is 5.60. The van der Waals surface area contributed by atoms with E-state index in [2.05, 4.69) is 27.5 Å². The second-order valence-corrected chi connectivity index (χ2v) is 5.01. The number of aryl methyl sites for hydroxylation is 1. The molecule has 2 rings (SSSR count). The zero-order valence-corrected chi connectivity index (χ0v) is 11.8. The van der Waals surface area contributed by atoms with E-state index in [1.165, 1.54) is 11.3 Å². The number of amides is 2. The number of anilines is 2. The molecule has 0 bridgehead atoms. The molecule has 0 aliphatic carbocycles. The minimum Gasteiger partial charge on any atom is -0.320 e. The van der Waals surface area contributed by atoms with Gasteiger partial charge in [-0.15, -0.1) is 0 Å². The van der Waals surface area contributed by atoms with Crippen molar-refractivity contribution < 1.29 is 4.79 Å². The molecule has 1 heterocycles. The van der Waals surface area contributed by atoms with E-state index in [1.807, 2.05) is 31.2 Å². The Kier molecular flexibility index (Phi) is 4.71. The van der Waals surface area contributed by atoms with Crippen LogP contribution in [0.2, 0.25) is 0 Å². The van der Waals surface area contributed by atoms with Crippen LogP contribution in [0.15, 0.2) is 30.5 Å². The van der Waals surface area contributed by atoms with Gasteiger partial charge < -0.3 is 11.1 Å². The fraction of sp³-hybridized carbons (Fsp3) is 0.143. The molecule has 102 valence electrons. The minimum absolute atomic E-state index is 0.300. The molecule has 0 atom stereocenters. The fourth-order valence-electron chi connectivity index (χ4n) is 1.42. The summed E-state index contributed by atoms with van der Waals surface area (Å²) < 4.78 is 0.